The molecule has 0 atom stereocenters. The van der Waals surface area contributed by atoms with Gasteiger partial charge in [-0.05, 0) is 19.8 Å². The van der Waals surface area contributed by atoms with E-state index in [1.54, 1.807) is 0 Å². The molecule has 2 N–H and O–H groups in total. The minimum atomic E-state index is -0.805. The van der Waals surface area contributed by atoms with Crippen LogP contribution in [0.4, 0.5) is 0 Å². The van der Waals surface area contributed by atoms with Gasteiger partial charge in [-0.3, -0.25) is 0 Å². The Morgan fingerprint density at radius 3 is 2.18 bits per heavy atom. The second kappa shape index (κ2) is 10.2. The summed E-state index contributed by atoms with van der Waals surface area (Å²) in [4.78, 5) is 10.9. The standard InChI is InChI=1S/C14H27NO2/c1-4-6-7-8-9-10-11-15-12(3)13(5-2)14(16)17/h15H,4-11H2,1-3H3,(H,16,17). The fourth-order valence-electron chi connectivity index (χ4n) is 1.86. The van der Waals surface area contributed by atoms with Crippen LogP contribution in [0.3, 0.4) is 0 Å². The van der Waals surface area contributed by atoms with Gasteiger partial charge in [0.15, 0.2) is 0 Å². The van der Waals surface area contributed by atoms with Crippen molar-refractivity contribution in [1.82, 2.24) is 5.32 Å². The molecule has 0 radical (unpaired) electrons. The fourth-order valence-corrected chi connectivity index (χ4v) is 1.86. The number of hydrogen-bond donors (Lipinski definition) is 2. The quantitative estimate of drug-likeness (QED) is 0.453. The number of hydrogen-bond acceptors (Lipinski definition) is 2. The summed E-state index contributed by atoms with van der Waals surface area (Å²) in [5.41, 5.74) is 1.31. The number of aliphatic carboxylic acids is 1. The smallest absolute Gasteiger partial charge is 0.333 e. The minimum absolute atomic E-state index is 0.496. The number of nitrogens with one attached hydrogen (secondary N) is 1. The van der Waals surface area contributed by atoms with E-state index in [0.29, 0.717) is 12.0 Å². The van der Waals surface area contributed by atoms with Gasteiger partial charge >= 0.3 is 5.97 Å². The van der Waals surface area contributed by atoms with Crippen LogP contribution in [0.2, 0.25) is 0 Å². The van der Waals surface area contributed by atoms with Crippen molar-refractivity contribution in [1.29, 1.82) is 0 Å². The predicted octanol–water partition coefficient (Wildman–Crippen LogP) is 3.71. The first-order chi connectivity index (χ1) is 8.13. The third kappa shape index (κ3) is 7.83. The van der Waals surface area contributed by atoms with Gasteiger partial charge in [0.05, 0.1) is 5.57 Å². The van der Waals surface area contributed by atoms with Crippen molar-refractivity contribution < 1.29 is 9.90 Å². The van der Waals surface area contributed by atoms with Crippen LogP contribution in [0.15, 0.2) is 11.3 Å². The molecule has 100 valence electrons. The first-order valence-corrected chi connectivity index (χ1v) is 6.80. The summed E-state index contributed by atoms with van der Waals surface area (Å²) < 4.78 is 0. The molecule has 0 amide bonds. The lowest BCUT2D eigenvalue weighted by molar-refractivity contribution is -0.132. The molecule has 0 saturated heterocycles. The molecule has 0 bridgehead atoms. The highest BCUT2D eigenvalue weighted by Crippen LogP contribution is 2.07. The van der Waals surface area contributed by atoms with Gasteiger partial charge in [-0.1, -0.05) is 46.0 Å². The van der Waals surface area contributed by atoms with Crippen molar-refractivity contribution in [3.8, 4) is 0 Å². The van der Waals surface area contributed by atoms with Gasteiger partial charge in [0.25, 0.3) is 0 Å². The molecule has 0 spiro atoms. The molecule has 0 aromatic heterocycles. The largest absolute Gasteiger partial charge is 0.478 e. The molecule has 0 fully saturated rings. The maximum absolute atomic E-state index is 10.9. The van der Waals surface area contributed by atoms with Crippen molar-refractivity contribution in [2.24, 2.45) is 0 Å². The molecule has 3 heteroatoms. The fraction of sp³-hybridized carbons (Fsp3) is 0.786. The summed E-state index contributed by atoms with van der Waals surface area (Å²) in [5.74, 6) is -0.805. The van der Waals surface area contributed by atoms with Gasteiger partial charge in [0.2, 0.25) is 0 Å². The van der Waals surface area contributed by atoms with E-state index < -0.39 is 5.97 Å². The van der Waals surface area contributed by atoms with Crippen molar-refractivity contribution in [3.63, 3.8) is 0 Å². The highest BCUT2D eigenvalue weighted by molar-refractivity contribution is 5.87. The Labute approximate surface area is 105 Å². The zero-order valence-electron chi connectivity index (χ0n) is 11.5. The topological polar surface area (TPSA) is 49.3 Å². The van der Waals surface area contributed by atoms with Crippen molar-refractivity contribution in [3.05, 3.63) is 11.3 Å². The van der Waals surface area contributed by atoms with Crippen LogP contribution in [0, 0.1) is 0 Å². The molecule has 0 aliphatic rings. The van der Waals surface area contributed by atoms with E-state index in [1.807, 2.05) is 13.8 Å². The predicted molar refractivity (Wildman–Crippen MR) is 72.0 cm³/mol. The summed E-state index contributed by atoms with van der Waals surface area (Å²) in [5, 5.41) is 12.2. The summed E-state index contributed by atoms with van der Waals surface area (Å²) >= 11 is 0. The first kappa shape index (κ1) is 16.0. The summed E-state index contributed by atoms with van der Waals surface area (Å²) in [6.45, 7) is 6.83. The first-order valence-electron chi connectivity index (χ1n) is 6.80. The third-order valence-electron chi connectivity index (χ3n) is 2.98. The van der Waals surface area contributed by atoms with Gasteiger partial charge in [0.1, 0.15) is 0 Å². The zero-order chi connectivity index (χ0) is 13.1. The molecule has 3 nitrogen and oxygen atoms in total. The van der Waals surface area contributed by atoms with E-state index in [2.05, 4.69) is 12.2 Å². The number of rotatable bonds is 10. The molecular formula is C14H27NO2. The Morgan fingerprint density at radius 1 is 1.06 bits per heavy atom. The van der Waals surface area contributed by atoms with Crippen LogP contribution in [0.1, 0.15) is 65.7 Å². The maximum Gasteiger partial charge on any atom is 0.333 e. The average molecular weight is 241 g/mol. The molecule has 0 aromatic carbocycles. The van der Waals surface area contributed by atoms with Crippen molar-refractivity contribution in [2.75, 3.05) is 6.54 Å². The van der Waals surface area contributed by atoms with E-state index in [9.17, 15) is 4.79 Å². The minimum Gasteiger partial charge on any atom is -0.478 e. The summed E-state index contributed by atoms with van der Waals surface area (Å²) in [6.07, 6.45) is 8.14. The Morgan fingerprint density at radius 2 is 1.65 bits per heavy atom. The highest BCUT2D eigenvalue weighted by atomic mass is 16.4. The average Bonchev–Trinajstić information content (AvgIpc) is 2.28. The SMILES string of the molecule is CCCCCCCCNC(C)=C(CC)C(=O)O. The third-order valence-corrected chi connectivity index (χ3v) is 2.98. The lowest BCUT2D eigenvalue weighted by Gasteiger charge is -2.09. The number of carbonyl (C=O) groups is 1. The molecule has 0 aliphatic carbocycles. The summed E-state index contributed by atoms with van der Waals surface area (Å²) in [6, 6.07) is 0. The molecule has 0 saturated carbocycles. The lowest BCUT2D eigenvalue weighted by atomic mass is 10.1. The van der Waals surface area contributed by atoms with E-state index in [1.165, 1.54) is 32.1 Å². The van der Waals surface area contributed by atoms with E-state index >= 15 is 0 Å². The number of carboxylic acids is 1. The van der Waals surface area contributed by atoms with Crippen molar-refractivity contribution >= 4 is 5.97 Å². The van der Waals surface area contributed by atoms with E-state index in [0.717, 1.165) is 18.7 Å². The van der Waals surface area contributed by atoms with Crippen LogP contribution < -0.4 is 5.32 Å². The number of unbranched alkanes of at least 4 members (excludes halogenated alkanes) is 5. The highest BCUT2D eigenvalue weighted by Gasteiger charge is 2.07. The Bertz CT molecular complexity index is 247. The van der Waals surface area contributed by atoms with E-state index in [4.69, 9.17) is 5.11 Å². The Balaban J connectivity index is 3.70. The molecule has 0 heterocycles. The molecule has 17 heavy (non-hydrogen) atoms. The zero-order valence-corrected chi connectivity index (χ0v) is 11.5. The van der Waals surface area contributed by atoms with Gasteiger partial charge in [-0.15, -0.1) is 0 Å². The molecule has 0 unspecified atom stereocenters. The monoisotopic (exact) mass is 241 g/mol. The van der Waals surface area contributed by atoms with Gasteiger partial charge in [-0.25, -0.2) is 4.79 Å². The lowest BCUT2D eigenvalue weighted by Crippen LogP contribution is -2.17. The summed E-state index contributed by atoms with van der Waals surface area (Å²) in [7, 11) is 0. The second-order valence-corrected chi connectivity index (χ2v) is 4.46. The Kier molecular flexibility index (Phi) is 9.59. The second-order valence-electron chi connectivity index (χ2n) is 4.46. The van der Waals surface area contributed by atoms with Gasteiger partial charge < -0.3 is 10.4 Å². The van der Waals surface area contributed by atoms with Gasteiger partial charge in [-0.2, -0.15) is 0 Å². The normalized spacial score (nSPS) is 12.2. The molecule has 0 aromatic rings. The van der Waals surface area contributed by atoms with E-state index in [-0.39, 0.29) is 0 Å². The van der Waals surface area contributed by atoms with Crippen molar-refractivity contribution in [2.45, 2.75) is 65.7 Å². The van der Waals surface area contributed by atoms with Crippen LogP contribution in [-0.2, 0) is 4.79 Å². The molecule has 0 rings (SSSR count). The maximum atomic E-state index is 10.9. The van der Waals surface area contributed by atoms with Gasteiger partial charge in [0, 0.05) is 12.2 Å². The van der Waals surface area contributed by atoms with Crippen LogP contribution >= 0.6 is 0 Å². The van der Waals surface area contributed by atoms with Crippen LogP contribution in [-0.4, -0.2) is 17.6 Å². The number of carboxylic acid groups (broad SMARTS) is 1. The molecule has 0 aliphatic heterocycles. The molecular weight excluding hydrogens is 214 g/mol. The number of allylic oxidation sites excluding steroid dienone is 1. The van der Waals surface area contributed by atoms with Crippen LogP contribution in [0.5, 0.6) is 0 Å². The van der Waals surface area contributed by atoms with Crippen LogP contribution in [0.25, 0.3) is 0 Å². The Hall–Kier alpha value is -0.990.